The van der Waals surface area contributed by atoms with Gasteiger partial charge in [0.05, 0.1) is 10.8 Å². The van der Waals surface area contributed by atoms with Crippen molar-refractivity contribution < 1.29 is 9.59 Å². The van der Waals surface area contributed by atoms with E-state index in [1.54, 1.807) is 30.3 Å². The standard InChI is InChI=1S/C20H19ClN4O2S/c1-3-25-19(16-9-4-5-10-17(16)21)23-24-20(25)28-12-18(27)22-15-8-6-7-14(11-15)13(2)26/h4-11H,3,12H2,1-2H3,(H,22,27). The molecule has 1 N–H and O–H groups in total. The molecule has 8 heteroatoms. The van der Waals surface area contributed by atoms with Crippen molar-refractivity contribution in [3.63, 3.8) is 0 Å². The van der Waals surface area contributed by atoms with Crippen molar-refractivity contribution >= 4 is 40.7 Å². The van der Waals surface area contributed by atoms with Gasteiger partial charge in [0.25, 0.3) is 0 Å². The smallest absolute Gasteiger partial charge is 0.234 e. The van der Waals surface area contributed by atoms with E-state index >= 15 is 0 Å². The second-order valence-corrected chi connectivity index (χ2v) is 7.35. The maximum absolute atomic E-state index is 12.3. The number of ketones is 1. The molecule has 144 valence electrons. The summed E-state index contributed by atoms with van der Waals surface area (Å²) in [5.74, 6) is 0.611. The molecule has 3 rings (SSSR count). The summed E-state index contributed by atoms with van der Waals surface area (Å²) in [7, 11) is 0. The first-order valence-corrected chi connectivity index (χ1v) is 10.1. The van der Waals surface area contributed by atoms with E-state index in [2.05, 4.69) is 15.5 Å². The van der Waals surface area contributed by atoms with Crippen LogP contribution in [0, 0.1) is 0 Å². The third kappa shape index (κ3) is 4.61. The van der Waals surface area contributed by atoms with E-state index in [1.807, 2.05) is 29.7 Å². The van der Waals surface area contributed by atoms with E-state index in [0.717, 1.165) is 5.56 Å². The van der Waals surface area contributed by atoms with E-state index in [0.29, 0.717) is 33.8 Å². The molecule has 0 aliphatic heterocycles. The summed E-state index contributed by atoms with van der Waals surface area (Å²) in [6.07, 6.45) is 0. The van der Waals surface area contributed by atoms with Crippen molar-refractivity contribution in [2.24, 2.45) is 0 Å². The van der Waals surface area contributed by atoms with Crippen LogP contribution in [0.1, 0.15) is 24.2 Å². The number of amides is 1. The Labute approximate surface area is 172 Å². The number of aromatic nitrogens is 3. The van der Waals surface area contributed by atoms with Crippen molar-refractivity contribution in [1.29, 1.82) is 0 Å². The summed E-state index contributed by atoms with van der Waals surface area (Å²) >= 11 is 7.57. The van der Waals surface area contributed by atoms with Gasteiger partial charge in [-0.05, 0) is 38.1 Å². The van der Waals surface area contributed by atoms with Crippen LogP contribution in [0.5, 0.6) is 0 Å². The lowest BCUT2D eigenvalue weighted by molar-refractivity contribution is -0.113. The van der Waals surface area contributed by atoms with Crippen LogP contribution in [0.4, 0.5) is 5.69 Å². The van der Waals surface area contributed by atoms with Gasteiger partial charge >= 0.3 is 0 Å². The Hall–Kier alpha value is -2.64. The second kappa shape index (κ2) is 9.03. The van der Waals surface area contributed by atoms with Crippen molar-refractivity contribution in [2.45, 2.75) is 25.5 Å². The molecule has 1 aromatic heterocycles. The van der Waals surface area contributed by atoms with E-state index in [9.17, 15) is 9.59 Å². The van der Waals surface area contributed by atoms with Gasteiger partial charge < -0.3 is 9.88 Å². The van der Waals surface area contributed by atoms with Gasteiger partial charge in [0.15, 0.2) is 16.8 Å². The predicted molar refractivity (Wildman–Crippen MR) is 112 cm³/mol. The van der Waals surface area contributed by atoms with Crippen LogP contribution in [-0.4, -0.2) is 32.2 Å². The third-order valence-corrected chi connectivity index (χ3v) is 5.33. The summed E-state index contributed by atoms with van der Waals surface area (Å²) < 4.78 is 1.93. The van der Waals surface area contributed by atoms with Crippen LogP contribution in [0.3, 0.4) is 0 Å². The molecular formula is C20H19ClN4O2S. The number of carbonyl (C=O) groups is 2. The van der Waals surface area contributed by atoms with Crippen LogP contribution in [0.15, 0.2) is 53.7 Å². The highest BCUT2D eigenvalue weighted by molar-refractivity contribution is 7.99. The van der Waals surface area contributed by atoms with Gasteiger partial charge in [0.2, 0.25) is 5.91 Å². The molecule has 1 heterocycles. The lowest BCUT2D eigenvalue weighted by atomic mass is 10.1. The molecule has 0 fully saturated rings. The third-order valence-electron chi connectivity index (χ3n) is 4.03. The fourth-order valence-electron chi connectivity index (χ4n) is 2.67. The van der Waals surface area contributed by atoms with Crippen LogP contribution >= 0.6 is 23.4 Å². The zero-order chi connectivity index (χ0) is 20.1. The van der Waals surface area contributed by atoms with Crippen molar-refractivity contribution in [2.75, 3.05) is 11.1 Å². The first-order chi connectivity index (χ1) is 13.5. The number of carbonyl (C=O) groups excluding carboxylic acids is 2. The van der Waals surface area contributed by atoms with Gasteiger partial charge in [-0.25, -0.2) is 0 Å². The highest BCUT2D eigenvalue weighted by Gasteiger charge is 2.16. The van der Waals surface area contributed by atoms with Crippen molar-refractivity contribution in [3.8, 4) is 11.4 Å². The topological polar surface area (TPSA) is 76.9 Å². The Kier molecular flexibility index (Phi) is 6.49. The molecule has 0 spiro atoms. The SMILES string of the molecule is CCn1c(SCC(=O)Nc2cccc(C(C)=O)c2)nnc1-c1ccccc1Cl. The molecule has 0 saturated heterocycles. The summed E-state index contributed by atoms with van der Waals surface area (Å²) in [5, 5.41) is 12.5. The Morgan fingerprint density at radius 3 is 2.64 bits per heavy atom. The summed E-state index contributed by atoms with van der Waals surface area (Å²) in [6, 6.07) is 14.3. The first kappa shape index (κ1) is 20.1. The molecule has 0 bridgehead atoms. The van der Waals surface area contributed by atoms with E-state index in [-0.39, 0.29) is 17.4 Å². The minimum atomic E-state index is -0.185. The Morgan fingerprint density at radius 1 is 1.14 bits per heavy atom. The molecule has 28 heavy (non-hydrogen) atoms. The zero-order valence-corrected chi connectivity index (χ0v) is 17.0. The maximum atomic E-state index is 12.3. The minimum absolute atomic E-state index is 0.0476. The zero-order valence-electron chi connectivity index (χ0n) is 15.5. The Morgan fingerprint density at radius 2 is 1.93 bits per heavy atom. The van der Waals surface area contributed by atoms with Crippen LogP contribution < -0.4 is 5.32 Å². The molecule has 0 aliphatic carbocycles. The number of Topliss-reactive ketones (excluding diaryl/α,β-unsaturated/α-hetero) is 1. The highest BCUT2D eigenvalue weighted by Crippen LogP contribution is 2.29. The van der Waals surface area contributed by atoms with Crippen molar-refractivity contribution in [1.82, 2.24) is 14.8 Å². The molecule has 2 aromatic carbocycles. The lowest BCUT2D eigenvalue weighted by Crippen LogP contribution is -2.15. The number of hydrogen-bond donors (Lipinski definition) is 1. The summed E-state index contributed by atoms with van der Waals surface area (Å²) in [4.78, 5) is 23.8. The number of anilines is 1. The molecule has 0 atom stereocenters. The van der Waals surface area contributed by atoms with Gasteiger partial charge in [-0.15, -0.1) is 10.2 Å². The van der Waals surface area contributed by atoms with Crippen molar-refractivity contribution in [3.05, 3.63) is 59.1 Å². The predicted octanol–water partition coefficient (Wildman–Crippen LogP) is 4.55. The van der Waals surface area contributed by atoms with Crippen LogP contribution in [0.2, 0.25) is 5.02 Å². The van der Waals surface area contributed by atoms with Gasteiger partial charge in [-0.1, -0.05) is 47.6 Å². The number of hydrogen-bond acceptors (Lipinski definition) is 5. The van der Waals surface area contributed by atoms with Crippen LogP contribution in [-0.2, 0) is 11.3 Å². The average Bonchev–Trinajstić information content (AvgIpc) is 3.09. The van der Waals surface area contributed by atoms with Gasteiger partial charge in [-0.2, -0.15) is 0 Å². The Bertz CT molecular complexity index is 1020. The highest BCUT2D eigenvalue weighted by atomic mass is 35.5. The maximum Gasteiger partial charge on any atom is 0.234 e. The first-order valence-electron chi connectivity index (χ1n) is 8.71. The largest absolute Gasteiger partial charge is 0.325 e. The number of nitrogens with zero attached hydrogens (tertiary/aromatic N) is 3. The molecule has 0 unspecified atom stereocenters. The molecule has 0 saturated carbocycles. The van der Waals surface area contributed by atoms with Gasteiger partial charge in [-0.3, -0.25) is 9.59 Å². The molecule has 1 amide bonds. The average molecular weight is 415 g/mol. The van der Waals surface area contributed by atoms with E-state index in [4.69, 9.17) is 11.6 Å². The molecule has 6 nitrogen and oxygen atoms in total. The molecule has 0 aliphatic rings. The van der Waals surface area contributed by atoms with E-state index < -0.39 is 0 Å². The summed E-state index contributed by atoms with van der Waals surface area (Å²) in [5.41, 5.74) is 1.95. The quantitative estimate of drug-likeness (QED) is 0.453. The number of nitrogens with one attached hydrogen (secondary N) is 1. The number of halogens is 1. The molecule has 0 radical (unpaired) electrons. The second-order valence-electron chi connectivity index (χ2n) is 6.00. The van der Waals surface area contributed by atoms with Gasteiger partial charge in [0.1, 0.15) is 0 Å². The normalized spacial score (nSPS) is 10.7. The summed E-state index contributed by atoms with van der Waals surface area (Å²) in [6.45, 7) is 4.13. The number of rotatable bonds is 7. The number of thioether (sulfide) groups is 1. The molecule has 3 aromatic rings. The fraction of sp³-hybridized carbons (Fsp3) is 0.200. The van der Waals surface area contributed by atoms with Gasteiger partial charge in [0, 0.05) is 23.4 Å². The van der Waals surface area contributed by atoms with E-state index in [1.165, 1.54) is 18.7 Å². The van der Waals surface area contributed by atoms with Crippen LogP contribution in [0.25, 0.3) is 11.4 Å². The monoisotopic (exact) mass is 414 g/mol. The number of benzene rings is 2. The lowest BCUT2D eigenvalue weighted by Gasteiger charge is -2.09. The molecular weight excluding hydrogens is 396 g/mol. The minimum Gasteiger partial charge on any atom is -0.325 e. The fourth-order valence-corrected chi connectivity index (χ4v) is 3.69. The Balaban J connectivity index is 1.69.